The van der Waals surface area contributed by atoms with Gasteiger partial charge in [0.15, 0.2) is 6.61 Å². The lowest BCUT2D eigenvalue weighted by Crippen LogP contribution is -2.37. The SMILES string of the molecule is CC(C)c1ccc(CCNC(=O)COC(=O)CN2CCCCCC2=O)cc1. The first-order valence-electron chi connectivity index (χ1n) is 9.74. The number of nitrogens with one attached hydrogen (secondary N) is 1. The zero-order valence-electron chi connectivity index (χ0n) is 16.3. The summed E-state index contributed by atoms with van der Waals surface area (Å²) >= 11 is 0. The van der Waals surface area contributed by atoms with Crippen molar-refractivity contribution in [2.24, 2.45) is 0 Å². The third kappa shape index (κ3) is 7.41. The van der Waals surface area contributed by atoms with E-state index in [9.17, 15) is 14.4 Å². The van der Waals surface area contributed by atoms with Crippen LogP contribution in [-0.4, -0.2) is 48.9 Å². The third-order valence-corrected chi connectivity index (χ3v) is 4.74. The molecular formula is C21H30N2O4. The predicted octanol–water partition coefficient (Wildman–Crippen LogP) is 2.41. The Morgan fingerprint density at radius 3 is 2.59 bits per heavy atom. The average Bonchev–Trinajstić information content (AvgIpc) is 2.85. The Morgan fingerprint density at radius 2 is 1.89 bits per heavy atom. The fraction of sp³-hybridized carbons (Fsp3) is 0.571. The number of rotatable bonds is 8. The molecule has 0 bridgehead atoms. The van der Waals surface area contributed by atoms with Crippen LogP contribution >= 0.6 is 0 Å². The minimum Gasteiger partial charge on any atom is -0.454 e. The van der Waals surface area contributed by atoms with Crippen LogP contribution < -0.4 is 5.32 Å². The molecule has 2 rings (SSSR count). The van der Waals surface area contributed by atoms with Crippen LogP contribution in [0.4, 0.5) is 0 Å². The molecule has 2 amide bonds. The smallest absolute Gasteiger partial charge is 0.326 e. The zero-order valence-corrected chi connectivity index (χ0v) is 16.3. The van der Waals surface area contributed by atoms with Crippen molar-refractivity contribution < 1.29 is 19.1 Å². The Bertz CT molecular complexity index is 640. The van der Waals surface area contributed by atoms with E-state index in [-0.39, 0.29) is 25.0 Å². The first kappa shape index (κ1) is 20.9. The van der Waals surface area contributed by atoms with Gasteiger partial charge < -0.3 is 15.0 Å². The summed E-state index contributed by atoms with van der Waals surface area (Å²) in [5.74, 6) is -0.385. The van der Waals surface area contributed by atoms with Crippen molar-refractivity contribution in [3.8, 4) is 0 Å². The van der Waals surface area contributed by atoms with Crippen LogP contribution in [-0.2, 0) is 25.5 Å². The number of nitrogens with zero attached hydrogens (tertiary/aromatic N) is 1. The van der Waals surface area contributed by atoms with Gasteiger partial charge in [0.2, 0.25) is 5.91 Å². The molecule has 1 heterocycles. The molecule has 0 aliphatic carbocycles. The second kappa shape index (κ2) is 10.7. The predicted molar refractivity (Wildman–Crippen MR) is 103 cm³/mol. The van der Waals surface area contributed by atoms with Crippen molar-refractivity contribution in [2.45, 2.75) is 51.9 Å². The summed E-state index contributed by atoms with van der Waals surface area (Å²) in [4.78, 5) is 37.1. The van der Waals surface area contributed by atoms with E-state index in [1.54, 1.807) is 0 Å². The number of carbonyl (C=O) groups is 3. The second-order valence-corrected chi connectivity index (χ2v) is 7.28. The van der Waals surface area contributed by atoms with E-state index in [4.69, 9.17) is 4.74 Å². The fourth-order valence-corrected chi connectivity index (χ4v) is 3.02. The van der Waals surface area contributed by atoms with Gasteiger partial charge in [-0.15, -0.1) is 0 Å². The molecular weight excluding hydrogens is 344 g/mol. The lowest BCUT2D eigenvalue weighted by molar-refractivity contribution is -0.152. The maximum absolute atomic E-state index is 11.9. The summed E-state index contributed by atoms with van der Waals surface area (Å²) in [6, 6.07) is 8.35. The minimum atomic E-state index is -0.537. The number of carbonyl (C=O) groups excluding carboxylic acids is 3. The number of likely N-dealkylation sites (tertiary alicyclic amines) is 1. The van der Waals surface area contributed by atoms with E-state index in [0.29, 0.717) is 25.4 Å². The topological polar surface area (TPSA) is 75.7 Å². The maximum Gasteiger partial charge on any atom is 0.326 e. The van der Waals surface area contributed by atoms with Gasteiger partial charge in [-0.05, 0) is 36.3 Å². The van der Waals surface area contributed by atoms with Crippen LogP contribution in [0, 0.1) is 0 Å². The van der Waals surface area contributed by atoms with Gasteiger partial charge in [-0.2, -0.15) is 0 Å². The van der Waals surface area contributed by atoms with Gasteiger partial charge in [-0.25, -0.2) is 0 Å². The summed E-state index contributed by atoms with van der Waals surface area (Å²) in [7, 11) is 0. The third-order valence-electron chi connectivity index (χ3n) is 4.74. The second-order valence-electron chi connectivity index (χ2n) is 7.28. The number of benzene rings is 1. The van der Waals surface area contributed by atoms with Gasteiger partial charge in [-0.3, -0.25) is 14.4 Å². The van der Waals surface area contributed by atoms with Gasteiger partial charge in [0.1, 0.15) is 6.54 Å². The highest BCUT2D eigenvalue weighted by atomic mass is 16.5. The average molecular weight is 374 g/mol. The van der Waals surface area contributed by atoms with E-state index < -0.39 is 5.97 Å². The lowest BCUT2D eigenvalue weighted by Gasteiger charge is -2.19. The van der Waals surface area contributed by atoms with Gasteiger partial charge in [0.05, 0.1) is 0 Å². The maximum atomic E-state index is 11.9. The van der Waals surface area contributed by atoms with E-state index in [1.807, 2.05) is 0 Å². The largest absolute Gasteiger partial charge is 0.454 e. The molecule has 1 saturated heterocycles. The van der Waals surface area contributed by atoms with E-state index in [0.717, 1.165) is 31.2 Å². The molecule has 0 aromatic heterocycles. The van der Waals surface area contributed by atoms with Crippen LogP contribution in [0.3, 0.4) is 0 Å². The normalized spacial score (nSPS) is 14.8. The molecule has 6 heteroatoms. The van der Waals surface area contributed by atoms with Gasteiger partial charge in [0, 0.05) is 19.5 Å². The Labute approximate surface area is 161 Å². The van der Waals surface area contributed by atoms with E-state index >= 15 is 0 Å². The Hall–Kier alpha value is -2.37. The molecule has 0 saturated carbocycles. The van der Waals surface area contributed by atoms with Crippen molar-refractivity contribution in [2.75, 3.05) is 26.2 Å². The summed E-state index contributed by atoms with van der Waals surface area (Å²) in [6.45, 7) is 4.98. The van der Waals surface area contributed by atoms with E-state index in [2.05, 4.69) is 43.4 Å². The highest BCUT2D eigenvalue weighted by molar-refractivity contribution is 5.84. The number of amides is 2. The number of ether oxygens (including phenoxy) is 1. The van der Waals surface area contributed by atoms with Gasteiger partial charge in [-0.1, -0.05) is 44.5 Å². The molecule has 6 nitrogen and oxygen atoms in total. The first-order chi connectivity index (χ1) is 13.0. The van der Waals surface area contributed by atoms with Crippen molar-refractivity contribution >= 4 is 17.8 Å². The molecule has 148 valence electrons. The fourth-order valence-electron chi connectivity index (χ4n) is 3.02. The number of esters is 1. The molecule has 0 spiro atoms. The van der Waals surface area contributed by atoms with Crippen molar-refractivity contribution in [1.29, 1.82) is 0 Å². The van der Waals surface area contributed by atoms with Crippen LogP contribution in [0.25, 0.3) is 0 Å². The number of hydrogen-bond acceptors (Lipinski definition) is 4. The molecule has 1 fully saturated rings. The lowest BCUT2D eigenvalue weighted by atomic mass is 10.0. The van der Waals surface area contributed by atoms with Crippen molar-refractivity contribution in [3.63, 3.8) is 0 Å². The van der Waals surface area contributed by atoms with Gasteiger partial charge in [0.25, 0.3) is 5.91 Å². The van der Waals surface area contributed by atoms with Crippen LogP contribution in [0.15, 0.2) is 24.3 Å². The summed E-state index contributed by atoms with van der Waals surface area (Å²) in [5, 5.41) is 2.75. The Kier molecular flexibility index (Phi) is 8.30. The zero-order chi connectivity index (χ0) is 19.6. The van der Waals surface area contributed by atoms with Gasteiger partial charge >= 0.3 is 5.97 Å². The monoisotopic (exact) mass is 374 g/mol. The van der Waals surface area contributed by atoms with Crippen LogP contribution in [0.1, 0.15) is 56.6 Å². The Morgan fingerprint density at radius 1 is 1.15 bits per heavy atom. The van der Waals surface area contributed by atoms with Crippen molar-refractivity contribution in [3.05, 3.63) is 35.4 Å². The molecule has 27 heavy (non-hydrogen) atoms. The highest BCUT2D eigenvalue weighted by Gasteiger charge is 2.20. The molecule has 1 aromatic carbocycles. The summed E-state index contributed by atoms with van der Waals surface area (Å²) < 4.78 is 5.00. The number of hydrogen-bond donors (Lipinski definition) is 1. The van der Waals surface area contributed by atoms with Crippen molar-refractivity contribution in [1.82, 2.24) is 10.2 Å². The quantitative estimate of drug-likeness (QED) is 0.709. The standard InChI is InChI=1S/C21H30N2O4/c1-16(2)18-9-7-17(8-10-18)11-12-22-19(24)15-27-21(26)14-23-13-5-3-4-6-20(23)25/h7-10,16H,3-6,11-15H2,1-2H3,(H,22,24). The van der Waals surface area contributed by atoms with E-state index in [1.165, 1.54) is 10.5 Å². The molecule has 0 unspecified atom stereocenters. The molecule has 0 radical (unpaired) electrons. The van der Waals surface area contributed by atoms with Crippen LogP contribution in [0.2, 0.25) is 0 Å². The van der Waals surface area contributed by atoms with Crippen LogP contribution in [0.5, 0.6) is 0 Å². The Balaban J connectivity index is 1.63. The molecule has 1 aromatic rings. The molecule has 1 N–H and O–H groups in total. The molecule has 1 aliphatic heterocycles. The molecule has 1 aliphatic rings. The minimum absolute atomic E-state index is 0.0163. The first-order valence-corrected chi connectivity index (χ1v) is 9.74. The summed E-state index contributed by atoms with van der Waals surface area (Å²) in [6.07, 6.45) is 3.97. The molecule has 0 atom stereocenters. The highest BCUT2D eigenvalue weighted by Crippen LogP contribution is 2.14. The summed E-state index contributed by atoms with van der Waals surface area (Å²) in [5.41, 5.74) is 2.44.